The Morgan fingerprint density at radius 3 is 3.22 bits per heavy atom. The normalized spacial score (nSPS) is 9.89. The van der Waals surface area contributed by atoms with Gasteiger partial charge < -0.3 is 9.84 Å². The molecule has 1 rings (SSSR count). The van der Waals surface area contributed by atoms with E-state index in [1.807, 2.05) is 6.07 Å². The maximum atomic E-state index is 4.62. The Morgan fingerprint density at radius 2 is 2.67 bits per heavy atom. The molecule has 0 saturated heterocycles. The van der Waals surface area contributed by atoms with Crippen molar-refractivity contribution in [3.8, 4) is 0 Å². The van der Waals surface area contributed by atoms with Crippen LogP contribution in [0.4, 0.5) is 0 Å². The van der Waals surface area contributed by atoms with E-state index in [1.54, 1.807) is 6.26 Å². The van der Waals surface area contributed by atoms with Gasteiger partial charge in [-0.3, -0.25) is 0 Å². The lowest BCUT2D eigenvalue weighted by molar-refractivity contribution is 0.409. The van der Waals surface area contributed by atoms with E-state index in [9.17, 15) is 0 Å². The van der Waals surface area contributed by atoms with Crippen molar-refractivity contribution in [3.63, 3.8) is 0 Å². The summed E-state index contributed by atoms with van der Waals surface area (Å²) in [6.45, 7) is 3.82. The molecule has 0 aromatic carbocycles. The number of nitrogens with zero attached hydrogens (tertiary/aromatic N) is 1. The van der Waals surface area contributed by atoms with Crippen LogP contribution < -0.4 is 5.32 Å². The van der Waals surface area contributed by atoms with Gasteiger partial charge in [0, 0.05) is 12.6 Å². The minimum atomic E-state index is 0.799. The Morgan fingerprint density at radius 1 is 1.78 bits per heavy atom. The van der Waals surface area contributed by atoms with Gasteiger partial charge in [0.25, 0.3) is 0 Å². The third-order valence-electron chi connectivity index (χ3n) is 1.05. The molecule has 0 aliphatic heterocycles. The molecular formula is C6H10N2O. The van der Waals surface area contributed by atoms with Gasteiger partial charge in [-0.2, -0.15) is 0 Å². The number of nitrogens with one attached hydrogen (secondary N) is 1. The van der Waals surface area contributed by atoms with Crippen LogP contribution in [0.15, 0.2) is 16.9 Å². The van der Waals surface area contributed by atoms with Crippen molar-refractivity contribution in [2.75, 3.05) is 6.54 Å². The average molecular weight is 126 g/mol. The van der Waals surface area contributed by atoms with Gasteiger partial charge in [0.05, 0.1) is 5.69 Å². The zero-order valence-electron chi connectivity index (χ0n) is 5.42. The third-order valence-corrected chi connectivity index (χ3v) is 1.05. The smallest absolute Gasteiger partial charge is 0.124 e. The molecule has 0 aliphatic rings. The average Bonchev–Trinajstić information content (AvgIpc) is 2.34. The predicted octanol–water partition coefficient (Wildman–Crippen LogP) is 0.784. The second-order valence-corrected chi connectivity index (χ2v) is 1.77. The van der Waals surface area contributed by atoms with Crippen molar-refractivity contribution >= 4 is 0 Å². The monoisotopic (exact) mass is 126 g/mol. The highest BCUT2D eigenvalue weighted by Crippen LogP contribution is 1.91. The maximum absolute atomic E-state index is 4.62. The predicted molar refractivity (Wildman–Crippen MR) is 33.9 cm³/mol. The molecule has 0 atom stereocenters. The van der Waals surface area contributed by atoms with Crippen LogP contribution in [-0.2, 0) is 6.54 Å². The van der Waals surface area contributed by atoms with Crippen LogP contribution in [0.3, 0.4) is 0 Å². The van der Waals surface area contributed by atoms with Crippen molar-refractivity contribution < 1.29 is 4.52 Å². The molecule has 0 amide bonds. The van der Waals surface area contributed by atoms with Crippen LogP contribution in [0.2, 0.25) is 0 Å². The molecule has 0 saturated carbocycles. The first-order chi connectivity index (χ1) is 4.43. The van der Waals surface area contributed by atoms with Crippen molar-refractivity contribution in [1.82, 2.24) is 10.5 Å². The lowest BCUT2D eigenvalue weighted by Crippen LogP contribution is -2.11. The van der Waals surface area contributed by atoms with Crippen LogP contribution in [0.1, 0.15) is 12.6 Å². The SMILES string of the molecule is CCNCc1ccon1. The van der Waals surface area contributed by atoms with E-state index >= 15 is 0 Å². The largest absolute Gasteiger partial charge is 0.364 e. The molecule has 1 aromatic rings. The second-order valence-electron chi connectivity index (χ2n) is 1.77. The van der Waals surface area contributed by atoms with Gasteiger partial charge in [0.15, 0.2) is 0 Å². The first-order valence-corrected chi connectivity index (χ1v) is 3.03. The first-order valence-electron chi connectivity index (χ1n) is 3.03. The molecule has 3 nitrogen and oxygen atoms in total. The maximum Gasteiger partial charge on any atom is 0.124 e. The third kappa shape index (κ3) is 1.85. The molecule has 0 fully saturated rings. The topological polar surface area (TPSA) is 38.1 Å². The van der Waals surface area contributed by atoms with Crippen molar-refractivity contribution in [3.05, 3.63) is 18.0 Å². The van der Waals surface area contributed by atoms with E-state index < -0.39 is 0 Å². The fraction of sp³-hybridized carbons (Fsp3) is 0.500. The highest BCUT2D eigenvalue weighted by atomic mass is 16.5. The molecule has 0 radical (unpaired) electrons. The summed E-state index contributed by atoms with van der Waals surface area (Å²) in [7, 11) is 0. The van der Waals surface area contributed by atoms with Crippen LogP contribution in [-0.4, -0.2) is 11.7 Å². The quantitative estimate of drug-likeness (QED) is 0.650. The standard InChI is InChI=1S/C6H10N2O/c1-2-7-5-6-3-4-9-8-6/h3-4,7H,2,5H2,1H3. The highest BCUT2D eigenvalue weighted by Gasteiger charge is 1.91. The zero-order chi connectivity index (χ0) is 6.53. The minimum absolute atomic E-state index is 0.799. The number of hydrogen-bond acceptors (Lipinski definition) is 3. The summed E-state index contributed by atoms with van der Waals surface area (Å²) in [5, 5.41) is 6.84. The van der Waals surface area contributed by atoms with E-state index in [1.165, 1.54) is 0 Å². The molecule has 0 spiro atoms. The highest BCUT2D eigenvalue weighted by molar-refractivity contribution is 4.93. The number of aromatic nitrogens is 1. The van der Waals surface area contributed by atoms with Gasteiger partial charge in [0.1, 0.15) is 6.26 Å². The molecule has 1 N–H and O–H groups in total. The van der Waals surface area contributed by atoms with E-state index in [0.717, 1.165) is 18.8 Å². The lowest BCUT2D eigenvalue weighted by atomic mass is 10.4. The minimum Gasteiger partial charge on any atom is -0.364 e. The van der Waals surface area contributed by atoms with E-state index in [2.05, 4.69) is 21.9 Å². The van der Waals surface area contributed by atoms with Gasteiger partial charge in [-0.1, -0.05) is 12.1 Å². The zero-order valence-corrected chi connectivity index (χ0v) is 5.42. The fourth-order valence-corrected chi connectivity index (χ4v) is 0.582. The Kier molecular flexibility index (Phi) is 2.27. The molecule has 1 heterocycles. The van der Waals surface area contributed by atoms with Crippen molar-refractivity contribution in [2.45, 2.75) is 13.5 Å². The van der Waals surface area contributed by atoms with E-state index in [0.29, 0.717) is 0 Å². The summed E-state index contributed by atoms with van der Waals surface area (Å²) < 4.78 is 4.62. The summed E-state index contributed by atoms with van der Waals surface area (Å²) >= 11 is 0. The fourth-order valence-electron chi connectivity index (χ4n) is 0.582. The van der Waals surface area contributed by atoms with Crippen molar-refractivity contribution in [1.29, 1.82) is 0 Å². The summed E-state index contributed by atoms with van der Waals surface area (Å²) in [6.07, 6.45) is 1.58. The molecule has 0 unspecified atom stereocenters. The Labute approximate surface area is 54.0 Å². The van der Waals surface area contributed by atoms with Gasteiger partial charge in [-0.15, -0.1) is 0 Å². The molecule has 0 aliphatic carbocycles. The van der Waals surface area contributed by atoms with Gasteiger partial charge >= 0.3 is 0 Å². The molecule has 50 valence electrons. The summed E-state index contributed by atoms with van der Waals surface area (Å²) in [4.78, 5) is 0. The Hall–Kier alpha value is -0.830. The lowest BCUT2D eigenvalue weighted by Gasteiger charge is -1.92. The number of rotatable bonds is 3. The van der Waals surface area contributed by atoms with Crippen molar-refractivity contribution in [2.24, 2.45) is 0 Å². The Balaban J connectivity index is 2.30. The van der Waals surface area contributed by atoms with Gasteiger partial charge in [0.2, 0.25) is 0 Å². The molecule has 9 heavy (non-hydrogen) atoms. The Bertz CT molecular complexity index is 148. The summed E-state index contributed by atoms with van der Waals surface area (Å²) in [5.74, 6) is 0. The molecular weight excluding hydrogens is 116 g/mol. The number of hydrogen-bond donors (Lipinski definition) is 1. The van der Waals surface area contributed by atoms with Gasteiger partial charge in [-0.25, -0.2) is 0 Å². The molecule has 1 aromatic heterocycles. The van der Waals surface area contributed by atoms with Crippen LogP contribution >= 0.6 is 0 Å². The van der Waals surface area contributed by atoms with E-state index in [4.69, 9.17) is 0 Å². The van der Waals surface area contributed by atoms with Crippen LogP contribution in [0.25, 0.3) is 0 Å². The first kappa shape index (κ1) is 6.29. The van der Waals surface area contributed by atoms with Gasteiger partial charge in [-0.05, 0) is 6.54 Å². The van der Waals surface area contributed by atoms with Crippen LogP contribution in [0, 0.1) is 0 Å². The van der Waals surface area contributed by atoms with Crippen LogP contribution in [0.5, 0.6) is 0 Å². The summed E-state index contributed by atoms with van der Waals surface area (Å²) in [6, 6.07) is 1.85. The molecule has 3 heteroatoms. The molecule has 0 bridgehead atoms. The second kappa shape index (κ2) is 3.25. The van der Waals surface area contributed by atoms with E-state index in [-0.39, 0.29) is 0 Å². The summed E-state index contributed by atoms with van der Waals surface area (Å²) in [5.41, 5.74) is 0.955.